The fourth-order valence-corrected chi connectivity index (χ4v) is 2.52. The molecular weight excluding hydrogens is 313 g/mol. The fourth-order valence-electron chi connectivity index (χ4n) is 1.99. The summed E-state index contributed by atoms with van der Waals surface area (Å²) in [5.74, 6) is -0.287. The summed E-state index contributed by atoms with van der Waals surface area (Å²) in [6.07, 6.45) is 0.725. The molecule has 112 valence electrons. The zero-order chi connectivity index (χ0) is 15.6. The molecule has 0 saturated carbocycles. The van der Waals surface area contributed by atoms with E-state index in [9.17, 15) is 9.90 Å². The number of aromatic nitrogens is 2. The number of hydrogen-bond acceptors (Lipinski definition) is 3. The van der Waals surface area contributed by atoms with Crippen molar-refractivity contribution in [3.63, 3.8) is 0 Å². The normalized spacial score (nSPS) is 12.2. The smallest absolute Gasteiger partial charge is 0.254 e. The summed E-state index contributed by atoms with van der Waals surface area (Å²) in [4.78, 5) is 12.0. The molecule has 2 N–H and O–H groups in total. The van der Waals surface area contributed by atoms with Crippen LogP contribution in [0.1, 0.15) is 27.7 Å². The number of aliphatic hydroxyl groups is 1. The highest BCUT2D eigenvalue weighted by molar-refractivity contribution is 6.35. The Labute approximate surface area is 132 Å². The van der Waals surface area contributed by atoms with E-state index in [0.29, 0.717) is 26.9 Å². The summed E-state index contributed by atoms with van der Waals surface area (Å²) in [5.41, 5.74) is 1.63. The van der Waals surface area contributed by atoms with Crippen molar-refractivity contribution in [2.45, 2.75) is 13.0 Å². The Balaban J connectivity index is 2.02. The van der Waals surface area contributed by atoms with E-state index < -0.39 is 6.10 Å². The minimum Gasteiger partial charge on any atom is -0.387 e. The predicted octanol–water partition coefficient (Wildman–Crippen LogP) is 2.50. The lowest BCUT2D eigenvalue weighted by molar-refractivity contribution is 0.0915. The number of nitrogens with zero attached hydrogens (tertiary/aromatic N) is 2. The van der Waals surface area contributed by atoms with Gasteiger partial charge in [-0.3, -0.25) is 9.48 Å². The van der Waals surface area contributed by atoms with Gasteiger partial charge in [-0.1, -0.05) is 29.3 Å². The molecule has 0 aliphatic rings. The molecule has 2 rings (SSSR count). The molecule has 21 heavy (non-hydrogen) atoms. The van der Waals surface area contributed by atoms with Gasteiger partial charge in [0.2, 0.25) is 0 Å². The van der Waals surface area contributed by atoms with Crippen LogP contribution in [0.25, 0.3) is 0 Å². The van der Waals surface area contributed by atoms with Gasteiger partial charge in [-0.05, 0) is 19.1 Å². The molecule has 5 nitrogen and oxygen atoms in total. The molecule has 0 fully saturated rings. The van der Waals surface area contributed by atoms with Crippen LogP contribution in [0.3, 0.4) is 0 Å². The Kier molecular flexibility index (Phi) is 4.88. The van der Waals surface area contributed by atoms with Gasteiger partial charge in [0.15, 0.2) is 0 Å². The maximum atomic E-state index is 12.0. The van der Waals surface area contributed by atoms with Gasteiger partial charge in [0, 0.05) is 35.4 Å². The van der Waals surface area contributed by atoms with Crippen LogP contribution in [0.4, 0.5) is 0 Å². The minimum absolute atomic E-state index is 0.0501. The number of carbonyl (C=O) groups is 1. The number of rotatable bonds is 4. The van der Waals surface area contributed by atoms with Gasteiger partial charge in [0.25, 0.3) is 5.91 Å². The average molecular weight is 328 g/mol. The van der Waals surface area contributed by atoms with E-state index in [0.717, 1.165) is 0 Å². The van der Waals surface area contributed by atoms with Gasteiger partial charge in [0.1, 0.15) is 0 Å². The highest BCUT2D eigenvalue weighted by Gasteiger charge is 2.16. The largest absolute Gasteiger partial charge is 0.387 e. The molecule has 0 radical (unpaired) electrons. The van der Waals surface area contributed by atoms with Crippen molar-refractivity contribution in [3.8, 4) is 0 Å². The summed E-state index contributed by atoms with van der Waals surface area (Å²) in [6, 6.07) is 4.82. The number of aliphatic hydroxyl groups excluding tert-OH is 1. The van der Waals surface area contributed by atoms with Crippen molar-refractivity contribution in [1.29, 1.82) is 0 Å². The van der Waals surface area contributed by atoms with Gasteiger partial charge < -0.3 is 10.4 Å². The average Bonchev–Trinajstić information content (AvgIpc) is 2.74. The molecule has 1 amide bonds. The van der Waals surface area contributed by atoms with E-state index in [1.807, 2.05) is 0 Å². The second-order valence-corrected chi connectivity index (χ2v) is 5.54. The van der Waals surface area contributed by atoms with Gasteiger partial charge >= 0.3 is 0 Å². The summed E-state index contributed by atoms with van der Waals surface area (Å²) >= 11 is 11.8. The summed E-state index contributed by atoms with van der Waals surface area (Å²) in [6.45, 7) is 1.80. The van der Waals surface area contributed by atoms with Crippen molar-refractivity contribution in [2.75, 3.05) is 6.54 Å². The van der Waals surface area contributed by atoms with Crippen LogP contribution in [0.2, 0.25) is 10.0 Å². The highest BCUT2D eigenvalue weighted by Crippen LogP contribution is 2.25. The van der Waals surface area contributed by atoms with Crippen LogP contribution >= 0.6 is 23.2 Å². The molecule has 1 heterocycles. The minimum atomic E-state index is -0.907. The molecular formula is C14H15Cl2N3O2. The molecule has 1 aromatic carbocycles. The van der Waals surface area contributed by atoms with Crippen LogP contribution in [0, 0.1) is 6.92 Å². The number of carbonyl (C=O) groups excluding carboxylic acids is 1. The zero-order valence-corrected chi connectivity index (χ0v) is 13.1. The second-order valence-electron chi connectivity index (χ2n) is 4.69. The van der Waals surface area contributed by atoms with Crippen LogP contribution in [-0.4, -0.2) is 27.3 Å². The molecule has 1 unspecified atom stereocenters. The predicted molar refractivity (Wildman–Crippen MR) is 81.7 cm³/mol. The van der Waals surface area contributed by atoms with Crippen molar-refractivity contribution in [3.05, 3.63) is 51.3 Å². The molecule has 7 heteroatoms. The number of amides is 1. The molecule has 0 aliphatic heterocycles. The van der Waals surface area contributed by atoms with E-state index in [-0.39, 0.29) is 12.5 Å². The Hall–Kier alpha value is -1.56. The number of nitrogens with one attached hydrogen (secondary N) is 1. The molecule has 0 aliphatic carbocycles. The van der Waals surface area contributed by atoms with Crippen molar-refractivity contribution >= 4 is 29.1 Å². The van der Waals surface area contributed by atoms with E-state index in [2.05, 4.69) is 10.4 Å². The topological polar surface area (TPSA) is 67.2 Å². The zero-order valence-electron chi connectivity index (χ0n) is 11.6. The van der Waals surface area contributed by atoms with Gasteiger partial charge in [-0.25, -0.2) is 0 Å². The van der Waals surface area contributed by atoms with Crippen molar-refractivity contribution in [1.82, 2.24) is 15.1 Å². The molecule has 0 spiro atoms. The standard InChI is InChI=1S/C14H15Cl2N3O2/c1-8-11(7-19(2)18-8)14(21)17-6-13(20)10-4-3-9(15)5-12(10)16/h3-5,7,13,20H,6H2,1-2H3,(H,17,21). The number of aryl methyl sites for hydroxylation is 2. The quantitative estimate of drug-likeness (QED) is 0.906. The summed E-state index contributed by atoms with van der Waals surface area (Å²) in [5, 5.41) is 17.7. The van der Waals surface area contributed by atoms with Crippen LogP contribution in [-0.2, 0) is 7.05 Å². The number of hydrogen-bond donors (Lipinski definition) is 2. The summed E-state index contributed by atoms with van der Waals surface area (Å²) in [7, 11) is 1.74. The second kappa shape index (κ2) is 6.47. The molecule has 0 bridgehead atoms. The third kappa shape index (κ3) is 3.75. The SMILES string of the molecule is Cc1nn(C)cc1C(=O)NCC(O)c1ccc(Cl)cc1Cl. The maximum Gasteiger partial charge on any atom is 0.254 e. The summed E-state index contributed by atoms with van der Waals surface area (Å²) < 4.78 is 1.57. The van der Waals surface area contributed by atoms with E-state index >= 15 is 0 Å². The van der Waals surface area contributed by atoms with Crippen LogP contribution < -0.4 is 5.32 Å². The molecule has 1 aromatic heterocycles. The van der Waals surface area contributed by atoms with E-state index in [1.165, 1.54) is 0 Å². The van der Waals surface area contributed by atoms with Crippen LogP contribution in [0.15, 0.2) is 24.4 Å². The molecule has 2 aromatic rings. The van der Waals surface area contributed by atoms with Crippen molar-refractivity contribution in [2.24, 2.45) is 7.05 Å². The first-order valence-corrected chi connectivity index (χ1v) is 7.05. The first-order valence-electron chi connectivity index (χ1n) is 6.30. The van der Waals surface area contributed by atoms with E-state index in [1.54, 1.807) is 43.0 Å². The van der Waals surface area contributed by atoms with Gasteiger partial charge in [0.05, 0.1) is 17.4 Å². The monoisotopic (exact) mass is 327 g/mol. The van der Waals surface area contributed by atoms with Crippen LogP contribution in [0.5, 0.6) is 0 Å². The highest BCUT2D eigenvalue weighted by atomic mass is 35.5. The first kappa shape index (κ1) is 15.8. The Bertz CT molecular complexity index is 670. The Morgan fingerprint density at radius 2 is 2.19 bits per heavy atom. The molecule has 1 atom stereocenters. The third-order valence-electron chi connectivity index (χ3n) is 3.04. The van der Waals surface area contributed by atoms with E-state index in [4.69, 9.17) is 23.2 Å². The fraction of sp³-hybridized carbons (Fsp3) is 0.286. The lowest BCUT2D eigenvalue weighted by atomic mass is 10.1. The first-order chi connectivity index (χ1) is 9.88. The number of halogens is 2. The lowest BCUT2D eigenvalue weighted by Gasteiger charge is -2.13. The Morgan fingerprint density at radius 3 is 2.76 bits per heavy atom. The number of benzene rings is 1. The maximum absolute atomic E-state index is 12.0. The van der Waals surface area contributed by atoms with Gasteiger partial charge in [-0.2, -0.15) is 5.10 Å². The van der Waals surface area contributed by atoms with Crippen molar-refractivity contribution < 1.29 is 9.90 Å². The lowest BCUT2D eigenvalue weighted by Crippen LogP contribution is -2.28. The molecule has 0 saturated heterocycles. The Morgan fingerprint density at radius 1 is 1.48 bits per heavy atom. The van der Waals surface area contributed by atoms with Gasteiger partial charge in [-0.15, -0.1) is 0 Å². The third-order valence-corrected chi connectivity index (χ3v) is 3.60.